The second kappa shape index (κ2) is 6.64. The van der Waals surface area contributed by atoms with Gasteiger partial charge < -0.3 is 4.90 Å². The van der Waals surface area contributed by atoms with E-state index in [1.165, 1.54) is 11.1 Å². The number of alkyl halides is 1. The molecule has 0 radical (unpaired) electrons. The van der Waals surface area contributed by atoms with Gasteiger partial charge in [-0.3, -0.25) is 0 Å². The van der Waals surface area contributed by atoms with Gasteiger partial charge in [0.15, 0.2) is 0 Å². The van der Waals surface area contributed by atoms with Gasteiger partial charge in [0.25, 0.3) is 0 Å². The molecule has 2 aromatic carbocycles. The van der Waals surface area contributed by atoms with Crippen LogP contribution in [0.15, 0.2) is 60.7 Å². The zero-order chi connectivity index (χ0) is 14.7. The summed E-state index contributed by atoms with van der Waals surface area (Å²) in [4.78, 5) is 2.36. The predicted molar refractivity (Wildman–Crippen MR) is 90.1 cm³/mol. The maximum absolute atomic E-state index is 5.87. The summed E-state index contributed by atoms with van der Waals surface area (Å²) in [5.74, 6) is 2.69. The van der Waals surface area contributed by atoms with Gasteiger partial charge in [-0.15, -0.1) is 11.6 Å². The SMILES string of the molecule is CN(CCCl)CC1C(c2ccccc2)C1c1ccccc1. The molecule has 21 heavy (non-hydrogen) atoms. The lowest BCUT2D eigenvalue weighted by atomic mass is 10.0. The Balaban J connectivity index is 1.79. The Morgan fingerprint density at radius 1 is 0.857 bits per heavy atom. The molecular formula is C19H22ClN. The van der Waals surface area contributed by atoms with Crippen LogP contribution in [-0.4, -0.2) is 30.9 Å². The maximum Gasteiger partial charge on any atom is 0.0351 e. The largest absolute Gasteiger partial charge is 0.305 e. The molecule has 0 spiro atoms. The molecule has 1 saturated carbocycles. The van der Waals surface area contributed by atoms with Crippen molar-refractivity contribution in [2.75, 3.05) is 26.0 Å². The minimum absolute atomic E-state index is 0.645. The van der Waals surface area contributed by atoms with Crippen molar-refractivity contribution in [1.29, 1.82) is 0 Å². The third-order valence-corrected chi connectivity index (χ3v) is 4.70. The topological polar surface area (TPSA) is 3.24 Å². The van der Waals surface area contributed by atoms with Crippen molar-refractivity contribution in [2.45, 2.75) is 11.8 Å². The average molecular weight is 300 g/mol. The summed E-state index contributed by atoms with van der Waals surface area (Å²) in [5.41, 5.74) is 2.94. The number of hydrogen-bond donors (Lipinski definition) is 0. The van der Waals surface area contributed by atoms with Crippen molar-refractivity contribution in [3.05, 3.63) is 71.8 Å². The van der Waals surface area contributed by atoms with Gasteiger partial charge >= 0.3 is 0 Å². The lowest BCUT2D eigenvalue weighted by molar-refractivity contribution is 0.334. The molecule has 0 saturated heterocycles. The molecule has 0 N–H and O–H groups in total. The lowest BCUT2D eigenvalue weighted by Crippen LogP contribution is -2.23. The average Bonchev–Trinajstić information content (AvgIpc) is 3.23. The first-order chi connectivity index (χ1) is 10.3. The molecule has 1 aliphatic rings. The van der Waals surface area contributed by atoms with Crippen molar-refractivity contribution in [1.82, 2.24) is 4.90 Å². The van der Waals surface area contributed by atoms with E-state index in [1.54, 1.807) is 0 Å². The van der Waals surface area contributed by atoms with E-state index in [2.05, 4.69) is 72.6 Å². The second-order valence-electron chi connectivity index (χ2n) is 5.99. The first-order valence-corrected chi connectivity index (χ1v) is 8.19. The van der Waals surface area contributed by atoms with Gasteiger partial charge in [-0.2, -0.15) is 0 Å². The number of benzene rings is 2. The molecule has 2 heteroatoms. The zero-order valence-corrected chi connectivity index (χ0v) is 13.2. The molecule has 2 unspecified atom stereocenters. The highest BCUT2D eigenvalue weighted by atomic mass is 35.5. The van der Waals surface area contributed by atoms with Crippen LogP contribution in [0.2, 0.25) is 0 Å². The Morgan fingerprint density at radius 3 is 1.76 bits per heavy atom. The fourth-order valence-electron chi connectivity index (χ4n) is 3.46. The van der Waals surface area contributed by atoms with Crippen molar-refractivity contribution in [3.63, 3.8) is 0 Å². The Bertz CT molecular complexity index is 509. The molecule has 2 aromatic rings. The summed E-state index contributed by atoms with van der Waals surface area (Å²) in [6, 6.07) is 21.8. The third-order valence-electron chi connectivity index (χ3n) is 4.53. The van der Waals surface area contributed by atoms with E-state index in [4.69, 9.17) is 11.6 Å². The number of hydrogen-bond acceptors (Lipinski definition) is 1. The second-order valence-corrected chi connectivity index (χ2v) is 6.37. The van der Waals surface area contributed by atoms with Crippen LogP contribution in [0.4, 0.5) is 0 Å². The first kappa shape index (κ1) is 14.6. The number of rotatable bonds is 6. The molecule has 1 nitrogen and oxygen atoms in total. The van der Waals surface area contributed by atoms with Crippen LogP contribution in [0, 0.1) is 5.92 Å². The zero-order valence-electron chi connectivity index (χ0n) is 12.5. The Kier molecular flexibility index (Phi) is 4.62. The molecule has 110 valence electrons. The van der Waals surface area contributed by atoms with Crippen LogP contribution in [0.3, 0.4) is 0 Å². The van der Waals surface area contributed by atoms with E-state index in [9.17, 15) is 0 Å². The molecular weight excluding hydrogens is 278 g/mol. The van der Waals surface area contributed by atoms with Crippen LogP contribution in [0.5, 0.6) is 0 Å². The molecule has 0 aliphatic heterocycles. The molecule has 0 bridgehead atoms. The molecule has 0 aromatic heterocycles. The number of nitrogens with zero attached hydrogens (tertiary/aromatic N) is 1. The fourth-order valence-corrected chi connectivity index (χ4v) is 3.74. The molecule has 0 amide bonds. The smallest absolute Gasteiger partial charge is 0.0351 e. The van der Waals surface area contributed by atoms with Crippen LogP contribution in [0.25, 0.3) is 0 Å². The Labute approximate surface area is 132 Å². The van der Waals surface area contributed by atoms with E-state index < -0.39 is 0 Å². The molecule has 2 atom stereocenters. The van der Waals surface area contributed by atoms with Crippen LogP contribution in [-0.2, 0) is 0 Å². The van der Waals surface area contributed by atoms with Gasteiger partial charge in [-0.1, -0.05) is 60.7 Å². The van der Waals surface area contributed by atoms with Gasteiger partial charge in [-0.05, 0) is 35.9 Å². The number of halogens is 1. The highest BCUT2D eigenvalue weighted by Crippen LogP contribution is 2.60. The molecule has 0 heterocycles. The van der Waals surface area contributed by atoms with Crippen LogP contribution in [0.1, 0.15) is 23.0 Å². The summed E-state index contributed by atoms with van der Waals surface area (Å²) in [6.45, 7) is 2.08. The first-order valence-electron chi connectivity index (χ1n) is 7.65. The molecule has 3 rings (SSSR count). The fraction of sp³-hybridized carbons (Fsp3) is 0.368. The maximum atomic E-state index is 5.87. The minimum atomic E-state index is 0.645. The standard InChI is InChI=1S/C19H22ClN/c1-21(13-12-20)14-17-18(15-8-4-2-5-9-15)19(17)16-10-6-3-7-11-16/h2-11,17-19H,12-14H2,1H3. The predicted octanol–water partition coefficient (Wildman–Crippen LogP) is 4.35. The highest BCUT2D eigenvalue weighted by molar-refractivity contribution is 6.18. The summed E-state index contributed by atoms with van der Waals surface area (Å²) in [7, 11) is 2.17. The van der Waals surface area contributed by atoms with Crippen molar-refractivity contribution < 1.29 is 0 Å². The van der Waals surface area contributed by atoms with Crippen molar-refractivity contribution in [2.24, 2.45) is 5.92 Å². The summed E-state index contributed by atoms with van der Waals surface area (Å²) >= 11 is 5.87. The van der Waals surface area contributed by atoms with Gasteiger partial charge in [-0.25, -0.2) is 0 Å². The molecule has 1 aliphatic carbocycles. The van der Waals surface area contributed by atoms with Gasteiger partial charge in [0, 0.05) is 19.0 Å². The lowest BCUT2D eigenvalue weighted by Gasteiger charge is -2.14. The summed E-state index contributed by atoms with van der Waals surface area (Å²) in [6.07, 6.45) is 0. The quantitative estimate of drug-likeness (QED) is 0.717. The van der Waals surface area contributed by atoms with Crippen LogP contribution < -0.4 is 0 Å². The van der Waals surface area contributed by atoms with E-state index in [0.717, 1.165) is 13.1 Å². The summed E-state index contributed by atoms with van der Waals surface area (Å²) in [5, 5.41) is 0. The normalized spacial score (nSPS) is 24.2. The van der Waals surface area contributed by atoms with E-state index >= 15 is 0 Å². The third kappa shape index (κ3) is 3.30. The molecule has 1 fully saturated rings. The van der Waals surface area contributed by atoms with Crippen molar-refractivity contribution >= 4 is 11.6 Å². The van der Waals surface area contributed by atoms with Crippen molar-refractivity contribution in [3.8, 4) is 0 Å². The van der Waals surface area contributed by atoms with E-state index in [0.29, 0.717) is 23.6 Å². The van der Waals surface area contributed by atoms with E-state index in [1.807, 2.05) is 0 Å². The van der Waals surface area contributed by atoms with Gasteiger partial charge in [0.1, 0.15) is 0 Å². The summed E-state index contributed by atoms with van der Waals surface area (Å²) < 4.78 is 0. The Hall–Kier alpha value is -1.31. The Morgan fingerprint density at radius 2 is 1.33 bits per heavy atom. The van der Waals surface area contributed by atoms with Gasteiger partial charge in [0.05, 0.1) is 0 Å². The minimum Gasteiger partial charge on any atom is -0.305 e. The highest BCUT2D eigenvalue weighted by Gasteiger charge is 2.51. The van der Waals surface area contributed by atoms with E-state index in [-0.39, 0.29) is 0 Å². The monoisotopic (exact) mass is 299 g/mol. The van der Waals surface area contributed by atoms with Gasteiger partial charge in [0.2, 0.25) is 0 Å². The van der Waals surface area contributed by atoms with Crippen LogP contribution >= 0.6 is 11.6 Å².